The zero-order valence-corrected chi connectivity index (χ0v) is 15.0. The summed E-state index contributed by atoms with van der Waals surface area (Å²) in [5.41, 5.74) is 2.36. The summed E-state index contributed by atoms with van der Waals surface area (Å²) in [5, 5.41) is 11.9. The van der Waals surface area contributed by atoms with Crippen LogP contribution in [0, 0.1) is 6.92 Å². The van der Waals surface area contributed by atoms with Gasteiger partial charge < -0.3 is 9.47 Å². The van der Waals surface area contributed by atoms with Crippen molar-refractivity contribution >= 4 is 11.8 Å². The van der Waals surface area contributed by atoms with E-state index < -0.39 is 5.97 Å². The molecule has 0 bridgehead atoms. The van der Waals surface area contributed by atoms with Crippen LogP contribution >= 0.6 is 0 Å². The molecule has 0 N–H and O–H groups in total. The first-order valence-electron chi connectivity index (χ1n) is 8.23. The van der Waals surface area contributed by atoms with Gasteiger partial charge in [-0.05, 0) is 36.4 Å². The standard InChI is InChI=1S/C19H18N4O4/c1-13-3-5-15(6-4-13)19-20-22-23(21-19)11-18(25)27-12-17(24)14-7-9-16(26-2)10-8-14/h3-10H,11-12H2,1-2H3. The number of methoxy groups -OCH3 is 1. The van der Waals surface area contributed by atoms with Crippen molar-refractivity contribution in [3.8, 4) is 17.1 Å². The van der Waals surface area contributed by atoms with E-state index in [0.29, 0.717) is 17.1 Å². The number of benzene rings is 2. The molecule has 0 saturated carbocycles. The number of tetrazole rings is 1. The molecular formula is C19H18N4O4. The number of esters is 1. The van der Waals surface area contributed by atoms with Gasteiger partial charge in [-0.15, -0.1) is 10.2 Å². The Hall–Kier alpha value is -3.55. The van der Waals surface area contributed by atoms with Crippen LogP contribution in [0.25, 0.3) is 11.4 Å². The highest BCUT2D eigenvalue weighted by Gasteiger charge is 2.13. The molecular weight excluding hydrogens is 348 g/mol. The molecule has 8 nitrogen and oxygen atoms in total. The summed E-state index contributed by atoms with van der Waals surface area (Å²) < 4.78 is 10.0. The summed E-state index contributed by atoms with van der Waals surface area (Å²) >= 11 is 0. The molecule has 0 fully saturated rings. The second kappa shape index (κ2) is 8.22. The number of aromatic nitrogens is 4. The first-order valence-corrected chi connectivity index (χ1v) is 8.23. The van der Waals surface area contributed by atoms with E-state index in [1.165, 1.54) is 0 Å². The monoisotopic (exact) mass is 366 g/mol. The molecule has 0 spiro atoms. The van der Waals surface area contributed by atoms with Crippen LogP contribution in [0.3, 0.4) is 0 Å². The number of aryl methyl sites for hydroxylation is 1. The first kappa shape index (κ1) is 18.2. The Morgan fingerprint density at radius 1 is 1.04 bits per heavy atom. The van der Waals surface area contributed by atoms with Crippen molar-refractivity contribution < 1.29 is 19.1 Å². The summed E-state index contributed by atoms with van der Waals surface area (Å²) in [7, 11) is 1.54. The molecule has 1 heterocycles. The fourth-order valence-electron chi connectivity index (χ4n) is 2.30. The zero-order valence-electron chi connectivity index (χ0n) is 15.0. The number of nitrogens with zero attached hydrogens (tertiary/aromatic N) is 4. The van der Waals surface area contributed by atoms with Gasteiger partial charge in [0.1, 0.15) is 5.75 Å². The van der Waals surface area contributed by atoms with Crippen LogP contribution in [0.2, 0.25) is 0 Å². The Morgan fingerprint density at radius 2 is 1.74 bits per heavy atom. The topological polar surface area (TPSA) is 96.2 Å². The summed E-state index contributed by atoms with van der Waals surface area (Å²) in [6.07, 6.45) is 0. The maximum absolute atomic E-state index is 12.0. The van der Waals surface area contributed by atoms with E-state index in [4.69, 9.17) is 9.47 Å². The molecule has 2 aromatic carbocycles. The Balaban J connectivity index is 1.53. The van der Waals surface area contributed by atoms with Gasteiger partial charge in [-0.25, -0.2) is 4.79 Å². The molecule has 27 heavy (non-hydrogen) atoms. The Bertz CT molecular complexity index is 933. The van der Waals surface area contributed by atoms with Gasteiger partial charge in [-0.3, -0.25) is 4.79 Å². The van der Waals surface area contributed by atoms with E-state index in [1.54, 1.807) is 31.4 Å². The SMILES string of the molecule is COc1ccc(C(=O)COC(=O)Cn2nnc(-c3ccc(C)cc3)n2)cc1. The molecule has 0 aliphatic carbocycles. The molecule has 0 aliphatic heterocycles. The summed E-state index contributed by atoms with van der Waals surface area (Å²) in [4.78, 5) is 25.1. The van der Waals surface area contributed by atoms with Crippen LogP contribution in [0.15, 0.2) is 48.5 Å². The maximum Gasteiger partial charge on any atom is 0.330 e. The Labute approximate surface area is 155 Å². The fourth-order valence-corrected chi connectivity index (χ4v) is 2.30. The van der Waals surface area contributed by atoms with Crippen molar-refractivity contribution in [3.05, 3.63) is 59.7 Å². The van der Waals surface area contributed by atoms with Gasteiger partial charge in [0.25, 0.3) is 0 Å². The number of rotatable bonds is 7. The molecule has 0 amide bonds. The third-order valence-electron chi connectivity index (χ3n) is 3.81. The van der Waals surface area contributed by atoms with Gasteiger partial charge in [-0.1, -0.05) is 29.8 Å². The largest absolute Gasteiger partial charge is 0.497 e. The molecule has 138 valence electrons. The minimum absolute atomic E-state index is 0.227. The van der Waals surface area contributed by atoms with E-state index in [9.17, 15) is 9.59 Å². The van der Waals surface area contributed by atoms with Crippen molar-refractivity contribution in [1.29, 1.82) is 0 Å². The molecule has 0 atom stereocenters. The van der Waals surface area contributed by atoms with Crippen molar-refractivity contribution in [2.45, 2.75) is 13.5 Å². The van der Waals surface area contributed by atoms with Crippen LogP contribution in [-0.2, 0) is 16.1 Å². The zero-order chi connectivity index (χ0) is 19.2. The normalized spacial score (nSPS) is 10.4. The van der Waals surface area contributed by atoms with Crippen molar-refractivity contribution in [3.63, 3.8) is 0 Å². The Kier molecular flexibility index (Phi) is 5.55. The second-order valence-corrected chi connectivity index (χ2v) is 5.82. The van der Waals surface area contributed by atoms with E-state index in [2.05, 4.69) is 15.4 Å². The van der Waals surface area contributed by atoms with E-state index >= 15 is 0 Å². The summed E-state index contributed by atoms with van der Waals surface area (Å²) in [5.74, 6) is 0.130. The van der Waals surface area contributed by atoms with Gasteiger partial charge in [0, 0.05) is 11.1 Å². The molecule has 0 radical (unpaired) electrons. The Morgan fingerprint density at radius 3 is 2.41 bits per heavy atom. The van der Waals surface area contributed by atoms with Crippen LogP contribution in [-0.4, -0.2) is 45.7 Å². The molecule has 0 saturated heterocycles. The maximum atomic E-state index is 12.0. The number of carbonyl (C=O) groups is 2. The number of hydrogen-bond acceptors (Lipinski definition) is 7. The van der Waals surface area contributed by atoms with Crippen LogP contribution in [0.4, 0.5) is 0 Å². The number of carbonyl (C=O) groups excluding carboxylic acids is 2. The van der Waals surface area contributed by atoms with Gasteiger partial charge in [0.2, 0.25) is 5.82 Å². The van der Waals surface area contributed by atoms with Gasteiger partial charge in [-0.2, -0.15) is 4.80 Å². The van der Waals surface area contributed by atoms with Crippen molar-refractivity contribution in [2.75, 3.05) is 13.7 Å². The van der Waals surface area contributed by atoms with Crippen molar-refractivity contribution in [2.24, 2.45) is 0 Å². The number of ketones is 1. The van der Waals surface area contributed by atoms with E-state index in [-0.39, 0.29) is 18.9 Å². The highest BCUT2D eigenvalue weighted by molar-refractivity contribution is 5.98. The third kappa shape index (κ3) is 4.75. The molecule has 0 aliphatic rings. The third-order valence-corrected chi connectivity index (χ3v) is 3.81. The lowest BCUT2D eigenvalue weighted by atomic mass is 10.1. The highest BCUT2D eigenvalue weighted by Crippen LogP contribution is 2.14. The lowest BCUT2D eigenvalue weighted by molar-refractivity contribution is -0.143. The smallest absolute Gasteiger partial charge is 0.330 e. The lowest BCUT2D eigenvalue weighted by Gasteiger charge is -2.05. The number of ether oxygens (including phenoxy) is 2. The van der Waals surface area contributed by atoms with Gasteiger partial charge >= 0.3 is 5.97 Å². The van der Waals surface area contributed by atoms with Crippen LogP contribution in [0.1, 0.15) is 15.9 Å². The molecule has 0 unspecified atom stereocenters. The molecule has 3 rings (SSSR count). The van der Waals surface area contributed by atoms with Crippen LogP contribution < -0.4 is 4.74 Å². The lowest BCUT2D eigenvalue weighted by Crippen LogP contribution is -2.19. The van der Waals surface area contributed by atoms with E-state index in [1.807, 2.05) is 31.2 Å². The van der Waals surface area contributed by atoms with Crippen LogP contribution in [0.5, 0.6) is 5.75 Å². The van der Waals surface area contributed by atoms with Crippen molar-refractivity contribution in [1.82, 2.24) is 20.2 Å². The first-order chi connectivity index (χ1) is 13.0. The number of Topliss-reactive ketones (excluding diaryl/α,β-unsaturated/α-hetero) is 1. The summed E-state index contributed by atoms with van der Waals surface area (Å²) in [6, 6.07) is 14.2. The number of hydrogen-bond donors (Lipinski definition) is 0. The molecule has 3 aromatic rings. The predicted octanol–water partition coefficient (Wildman–Crippen LogP) is 2.08. The van der Waals surface area contributed by atoms with Gasteiger partial charge in [0.15, 0.2) is 18.9 Å². The average molecular weight is 366 g/mol. The quantitative estimate of drug-likeness (QED) is 0.466. The summed E-state index contributed by atoms with van der Waals surface area (Å²) in [6.45, 7) is 1.40. The highest BCUT2D eigenvalue weighted by atomic mass is 16.5. The fraction of sp³-hybridized carbons (Fsp3) is 0.211. The van der Waals surface area contributed by atoms with E-state index in [0.717, 1.165) is 15.9 Å². The molecule has 1 aromatic heterocycles. The van der Waals surface area contributed by atoms with Gasteiger partial charge in [0.05, 0.1) is 7.11 Å². The minimum Gasteiger partial charge on any atom is -0.497 e. The molecule has 8 heteroatoms. The second-order valence-electron chi connectivity index (χ2n) is 5.82. The predicted molar refractivity (Wildman–Crippen MR) is 96.3 cm³/mol. The minimum atomic E-state index is -0.621. The average Bonchev–Trinajstić information content (AvgIpc) is 3.15.